The van der Waals surface area contributed by atoms with Gasteiger partial charge in [0.25, 0.3) is 0 Å². The fraction of sp³-hybridized carbons (Fsp3) is 0.538. The second kappa shape index (κ2) is 15.7. The van der Waals surface area contributed by atoms with Crippen LogP contribution in [0.4, 0.5) is 0 Å². The van der Waals surface area contributed by atoms with Crippen LogP contribution in [0.2, 0.25) is 0 Å². The first kappa shape index (κ1) is 24.4. The van der Waals surface area contributed by atoms with Gasteiger partial charge in [-0.1, -0.05) is 109 Å². The molecular formula is C26H42. The van der Waals surface area contributed by atoms with Crippen LogP contribution in [0.3, 0.4) is 0 Å². The maximum Gasteiger partial charge on any atom is -0.0279 e. The van der Waals surface area contributed by atoms with Crippen LogP contribution in [-0.4, -0.2) is 0 Å². The maximum absolute atomic E-state index is 2.36. The normalized spacial score (nSPS) is 9.85. The van der Waals surface area contributed by atoms with Crippen LogP contribution in [0.5, 0.6) is 0 Å². The SMILES string of the molecule is C.CCCCc1cccc(CCC)c1.CCCc1ccc(CCC)cc1. The van der Waals surface area contributed by atoms with Gasteiger partial charge in [-0.25, -0.2) is 0 Å². The molecule has 0 bridgehead atoms. The summed E-state index contributed by atoms with van der Waals surface area (Å²) in [6, 6.07) is 18.1. The van der Waals surface area contributed by atoms with E-state index >= 15 is 0 Å². The van der Waals surface area contributed by atoms with Crippen molar-refractivity contribution in [2.45, 2.75) is 92.9 Å². The van der Waals surface area contributed by atoms with Crippen LogP contribution in [0.15, 0.2) is 48.5 Å². The van der Waals surface area contributed by atoms with Gasteiger partial charge in [-0.2, -0.15) is 0 Å². The molecule has 0 N–H and O–H groups in total. The molecular weight excluding hydrogens is 312 g/mol. The predicted octanol–water partition coefficient (Wildman–Crippen LogP) is 8.21. The summed E-state index contributed by atoms with van der Waals surface area (Å²) in [6.45, 7) is 8.93. The summed E-state index contributed by atoms with van der Waals surface area (Å²) in [4.78, 5) is 0. The lowest BCUT2D eigenvalue weighted by atomic mass is 10.0. The molecule has 0 nitrogen and oxygen atoms in total. The zero-order valence-corrected chi connectivity index (χ0v) is 17.0. The number of rotatable bonds is 9. The Bertz CT molecular complexity index is 526. The van der Waals surface area contributed by atoms with Crippen molar-refractivity contribution >= 4 is 0 Å². The van der Waals surface area contributed by atoms with E-state index in [1.807, 2.05) is 0 Å². The molecule has 0 heterocycles. The van der Waals surface area contributed by atoms with Gasteiger partial charge < -0.3 is 0 Å². The van der Waals surface area contributed by atoms with Gasteiger partial charge in [-0.3, -0.25) is 0 Å². The average molecular weight is 355 g/mol. The molecule has 0 fully saturated rings. The molecule has 0 aromatic heterocycles. The highest BCUT2D eigenvalue weighted by molar-refractivity contribution is 5.24. The topological polar surface area (TPSA) is 0 Å². The minimum Gasteiger partial charge on any atom is -0.0776 e. The van der Waals surface area contributed by atoms with E-state index in [-0.39, 0.29) is 7.43 Å². The number of benzene rings is 2. The lowest BCUT2D eigenvalue weighted by molar-refractivity contribution is 0.792. The van der Waals surface area contributed by atoms with Crippen molar-refractivity contribution in [2.75, 3.05) is 0 Å². The molecule has 0 radical (unpaired) electrons. The molecule has 0 aliphatic heterocycles. The number of aryl methyl sites for hydroxylation is 4. The second-order valence-corrected chi connectivity index (χ2v) is 6.99. The Balaban J connectivity index is 0.000000464. The highest BCUT2D eigenvalue weighted by atomic mass is 14.0. The molecule has 0 aliphatic carbocycles. The van der Waals surface area contributed by atoms with Gasteiger partial charge >= 0.3 is 0 Å². The smallest absolute Gasteiger partial charge is 0.0279 e. The third kappa shape index (κ3) is 10.4. The van der Waals surface area contributed by atoms with E-state index < -0.39 is 0 Å². The minimum absolute atomic E-state index is 0. The van der Waals surface area contributed by atoms with Crippen molar-refractivity contribution in [3.05, 3.63) is 70.8 Å². The summed E-state index contributed by atoms with van der Waals surface area (Å²) in [7, 11) is 0. The van der Waals surface area contributed by atoms with Crippen LogP contribution in [0.25, 0.3) is 0 Å². The lowest BCUT2D eigenvalue weighted by Gasteiger charge is -2.03. The second-order valence-electron chi connectivity index (χ2n) is 6.99. The van der Waals surface area contributed by atoms with Crippen molar-refractivity contribution in [1.29, 1.82) is 0 Å². The minimum atomic E-state index is 0. The summed E-state index contributed by atoms with van der Waals surface area (Å²) in [5, 5.41) is 0. The van der Waals surface area contributed by atoms with E-state index in [0.29, 0.717) is 0 Å². The molecule has 2 aromatic rings. The summed E-state index contributed by atoms with van der Waals surface area (Å²) in [5.74, 6) is 0. The van der Waals surface area contributed by atoms with Crippen LogP contribution >= 0.6 is 0 Å². The van der Waals surface area contributed by atoms with Crippen LogP contribution in [0.1, 0.15) is 89.5 Å². The Labute approximate surface area is 164 Å². The number of hydrogen-bond acceptors (Lipinski definition) is 0. The fourth-order valence-electron chi connectivity index (χ4n) is 3.06. The summed E-state index contributed by atoms with van der Waals surface area (Å²) in [6.07, 6.45) is 11.2. The highest BCUT2D eigenvalue weighted by Gasteiger charge is 1.95. The van der Waals surface area contributed by atoms with Crippen LogP contribution < -0.4 is 0 Å². The molecule has 2 aromatic carbocycles. The summed E-state index contributed by atoms with van der Waals surface area (Å²) >= 11 is 0. The van der Waals surface area contributed by atoms with E-state index in [1.165, 1.54) is 80.0 Å². The van der Waals surface area contributed by atoms with Crippen molar-refractivity contribution in [1.82, 2.24) is 0 Å². The Morgan fingerprint density at radius 3 is 1.35 bits per heavy atom. The molecule has 0 atom stereocenters. The molecule has 0 amide bonds. The molecule has 0 heteroatoms. The van der Waals surface area contributed by atoms with Crippen LogP contribution in [-0.2, 0) is 25.7 Å². The van der Waals surface area contributed by atoms with Gasteiger partial charge in [0.1, 0.15) is 0 Å². The van der Waals surface area contributed by atoms with Crippen LogP contribution in [0, 0.1) is 0 Å². The van der Waals surface area contributed by atoms with Crippen molar-refractivity contribution in [3.63, 3.8) is 0 Å². The molecule has 0 aliphatic rings. The van der Waals surface area contributed by atoms with E-state index in [0.717, 1.165) is 0 Å². The quantitative estimate of drug-likeness (QED) is 0.425. The standard InChI is InChI=1S/C13H20.C12H18.CH4/c1-3-5-8-13-10-6-9-12(11-13)7-4-2;1-3-5-11-7-9-12(6-4-2)10-8-11;/h6,9-11H,3-5,7-8H2,1-2H3;7-10H,3-6H2,1-2H3;1H4. The molecule has 2 rings (SSSR count). The maximum atomic E-state index is 2.36. The van der Waals surface area contributed by atoms with E-state index in [1.54, 1.807) is 0 Å². The number of unbranched alkanes of at least 4 members (excludes halogenated alkanes) is 1. The van der Waals surface area contributed by atoms with Crippen molar-refractivity contribution in [3.8, 4) is 0 Å². The Morgan fingerprint density at radius 1 is 0.500 bits per heavy atom. The van der Waals surface area contributed by atoms with Gasteiger partial charge in [0.2, 0.25) is 0 Å². The third-order valence-electron chi connectivity index (χ3n) is 4.45. The largest absolute Gasteiger partial charge is 0.0776 e. The van der Waals surface area contributed by atoms with E-state index in [9.17, 15) is 0 Å². The predicted molar refractivity (Wildman–Crippen MR) is 120 cm³/mol. The Kier molecular flexibility index (Phi) is 14.7. The molecule has 146 valence electrons. The monoisotopic (exact) mass is 354 g/mol. The highest BCUT2D eigenvalue weighted by Crippen LogP contribution is 2.10. The van der Waals surface area contributed by atoms with E-state index in [2.05, 4.69) is 76.2 Å². The lowest BCUT2D eigenvalue weighted by Crippen LogP contribution is -1.88. The molecule has 0 unspecified atom stereocenters. The molecule has 0 saturated carbocycles. The number of hydrogen-bond donors (Lipinski definition) is 0. The molecule has 26 heavy (non-hydrogen) atoms. The Morgan fingerprint density at radius 2 is 0.923 bits per heavy atom. The Hall–Kier alpha value is -1.56. The van der Waals surface area contributed by atoms with Crippen molar-refractivity contribution in [2.24, 2.45) is 0 Å². The van der Waals surface area contributed by atoms with Crippen molar-refractivity contribution < 1.29 is 0 Å². The summed E-state index contributed by atoms with van der Waals surface area (Å²) in [5.41, 5.74) is 5.94. The van der Waals surface area contributed by atoms with Gasteiger partial charge in [-0.15, -0.1) is 0 Å². The third-order valence-corrected chi connectivity index (χ3v) is 4.45. The van der Waals surface area contributed by atoms with Gasteiger partial charge in [-0.05, 0) is 54.4 Å². The molecule has 0 saturated heterocycles. The average Bonchev–Trinajstić information content (AvgIpc) is 2.63. The first-order chi connectivity index (χ1) is 12.2. The zero-order valence-electron chi connectivity index (χ0n) is 17.0. The first-order valence-corrected chi connectivity index (χ1v) is 10.4. The molecule has 0 spiro atoms. The van der Waals surface area contributed by atoms with E-state index in [4.69, 9.17) is 0 Å². The van der Waals surface area contributed by atoms with Gasteiger partial charge in [0.15, 0.2) is 0 Å². The fourth-order valence-corrected chi connectivity index (χ4v) is 3.06. The van der Waals surface area contributed by atoms with Gasteiger partial charge in [0.05, 0.1) is 0 Å². The first-order valence-electron chi connectivity index (χ1n) is 10.4. The van der Waals surface area contributed by atoms with Gasteiger partial charge in [0, 0.05) is 0 Å². The summed E-state index contributed by atoms with van der Waals surface area (Å²) < 4.78 is 0. The zero-order chi connectivity index (χ0) is 18.3.